The molecule has 5 nitrogen and oxygen atoms in total. The number of halogens is 2. The maximum atomic E-state index is 12.6. The molecule has 1 aromatic heterocycles. The summed E-state index contributed by atoms with van der Waals surface area (Å²) < 4.78 is 34.4. The third-order valence-corrected chi connectivity index (χ3v) is 2.16. The smallest absolute Gasteiger partial charge is 0.310 e. The molecule has 0 aliphatic carbocycles. The van der Waals surface area contributed by atoms with Gasteiger partial charge in [-0.25, -0.2) is 8.78 Å². The monoisotopic (exact) mass is 247 g/mol. The Labute approximate surface area is 95.4 Å². The molecule has 1 N–H and O–H groups in total. The first-order valence-corrected chi connectivity index (χ1v) is 4.64. The number of esters is 1. The third-order valence-electron chi connectivity index (χ3n) is 2.16. The third kappa shape index (κ3) is 2.80. The van der Waals surface area contributed by atoms with Gasteiger partial charge in [0.1, 0.15) is 5.75 Å². The van der Waals surface area contributed by atoms with E-state index in [2.05, 4.69) is 9.72 Å². The standard InChI is InChI=1S/C10H11F2NO4/c1-16-7(14)3-5-8(17-2)6(9(11)12)4-13-10(5)15/h4,9H,3H2,1-2H3,(H,13,15). The lowest BCUT2D eigenvalue weighted by Crippen LogP contribution is -2.19. The van der Waals surface area contributed by atoms with Crippen LogP contribution < -0.4 is 10.3 Å². The summed E-state index contributed by atoms with van der Waals surface area (Å²) in [5.41, 5.74) is -1.29. The number of hydrogen-bond donors (Lipinski definition) is 1. The molecule has 1 aromatic rings. The van der Waals surface area contributed by atoms with E-state index < -0.39 is 29.9 Å². The fourth-order valence-electron chi connectivity index (χ4n) is 1.35. The Morgan fingerprint density at radius 3 is 2.59 bits per heavy atom. The first-order chi connectivity index (χ1) is 8.01. The zero-order valence-electron chi connectivity index (χ0n) is 9.25. The molecule has 0 aromatic carbocycles. The minimum Gasteiger partial charge on any atom is -0.496 e. The summed E-state index contributed by atoms with van der Waals surface area (Å²) in [6, 6.07) is 0. The molecule has 0 spiro atoms. The Bertz CT molecular complexity index is 470. The first-order valence-electron chi connectivity index (χ1n) is 4.64. The van der Waals surface area contributed by atoms with Gasteiger partial charge in [-0.05, 0) is 0 Å². The highest BCUT2D eigenvalue weighted by Crippen LogP contribution is 2.29. The van der Waals surface area contributed by atoms with Crippen LogP contribution in [-0.2, 0) is 16.0 Å². The van der Waals surface area contributed by atoms with Crippen molar-refractivity contribution in [3.63, 3.8) is 0 Å². The number of nitrogens with one attached hydrogen (secondary N) is 1. The van der Waals surface area contributed by atoms with Gasteiger partial charge >= 0.3 is 5.97 Å². The molecular formula is C10H11F2NO4. The average Bonchev–Trinajstić information content (AvgIpc) is 2.30. The molecule has 0 saturated carbocycles. The van der Waals surface area contributed by atoms with Gasteiger partial charge in [0.2, 0.25) is 0 Å². The van der Waals surface area contributed by atoms with E-state index in [1.54, 1.807) is 0 Å². The number of ether oxygens (including phenoxy) is 2. The lowest BCUT2D eigenvalue weighted by atomic mass is 10.1. The summed E-state index contributed by atoms with van der Waals surface area (Å²) in [7, 11) is 2.29. The SMILES string of the molecule is COC(=O)Cc1c(OC)c(C(F)F)c[nH]c1=O. The van der Waals surface area contributed by atoms with E-state index in [-0.39, 0.29) is 11.3 Å². The van der Waals surface area contributed by atoms with Crippen LogP contribution in [0.3, 0.4) is 0 Å². The largest absolute Gasteiger partial charge is 0.496 e. The number of pyridine rings is 1. The molecule has 0 fully saturated rings. The van der Waals surface area contributed by atoms with Crippen LogP contribution in [0.5, 0.6) is 5.75 Å². The second-order valence-electron chi connectivity index (χ2n) is 3.14. The predicted octanol–water partition coefficient (Wildman–Crippen LogP) is 1.04. The zero-order chi connectivity index (χ0) is 13.0. The van der Waals surface area contributed by atoms with E-state index in [0.717, 1.165) is 20.4 Å². The second kappa shape index (κ2) is 5.42. The van der Waals surface area contributed by atoms with Crippen molar-refractivity contribution in [2.24, 2.45) is 0 Å². The van der Waals surface area contributed by atoms with Gasteiger partial charge in [0.05, 0.1) is 31.8 Å². The van der Waals surface area contributed by atoms with E-state index in [0.29, 0.717) is 0 Å². The highest BCUT2D eigenvalue weighted by Gasteiger charge is 2.21. The molecule has 0 saturated heterocycles. The highest BCUT2D eigenvalue weighted by atomic mass is 19.3. The molecule has 0 aliphatic heterocycles. The number of carbonyl (C=O) groups is 1. The van der Waals surface area contributed by atoms with Crippen molar-refractivity contribution in [1.29, 1.82) is 0 Å². The Balaban J connectivity index is 3.30. The van der Waals surface area contributed by atoms with Crippen LogP contribution in [0.1, 0.15) is 17.6 Å². The Hall–Kier alpha value is -1.92. The number of aromatic amines is 1. The molecule has 0 bridgehead atoms. The number of carbonyl (C=O) groups excluding carboxylic acids is 1. The number of alkyl halides is 2. The van der Waals surface area contributed by atoms with Gasteiger partial charge in [0.15, 0.2) is 0 Å². The van der Waals surface area contributed by atoms with Crippen LogP contribution in [0.15, 0.2) is 11.0 Å². The van der Waals surface area contributed by atoms with Crippen molar-refractivity contribution in [3.05, 3.63) is 27.7 Å². The Kier molecular flexibility index (Phi) is 4.19. The van der Waals surface area contributed by atoms with Crippen LogP contribution >= 0.6 is 0 Å². The van der Waals surface area contributed by atoms with E-state index in [4.69, 9.17) is 4.74 Å². The molecule has 0 radical (unpaired) electrons. The molecule has 0 unspecified atom stereocenters. The van der Waals surface area contributed by atoms with E-state index >= 15 is 0 Å². The molecular weight excluding hydrogens is 236 g/mol. The average molecular weight is 247 g/mol. The van der Waals surface area contributed by atoms with Crippen LogP contribution in [0.2, 0.25) is 0 Å². The normalized spacial score (nSPS) is 10.4. The molecule has 17 heavy (non-hydrogen) atoms. The summed E-state index contributed by atoms with van der Waals surface area (Å²) in [5.74, 6) is -0.991. The predicted molar refractivity (Wildman–Crippen MR) is 54.3 cm³/mol. The number of methoxy groups -OCH3 is 2. The second-order valence-corrected chi connectivity index (χ2v) is 3.14. The van der Waals surface area contributed by atoms with Crippen LogP contribution in [0.25, 0.3) is 0 Å². The fourth-order valence-corrected chi connectivity index (χ4v) is 1.35. The van der Waals surface area contributed by atoms with E-state index in [1.807, 2.05) is 0 Å². The van der Waals surface area contributed by atoms with Gasteiger partial charge in [0, 0.05) is 6.20 Å². The zero-order valence-corrected chi connectivity index (χ0v) is 9.25. The van der Waals surface area contributed by atoms with Gasteiger partial charge in [-0.3, -0.25) is 9.59 Å². The quantitative estimate of drug-likeness (QED) is 0.807. The van der Waals surface area contributed by atoms with Gasteiger partial charge in [0.25, 0.3) is 12.0 Å². The lowest BCUT2D eigenvalue weighted by molar-refractivity contribution is -0.139. The van der Waals surface area contributed by atoms with Gasteiger partial charge in [-0.15, -0.1) is 0 Å². The van der Waals surface area contributed by atoms with Crippen molar-refractivity contribution in [2.45, 2.75) is 12.8 Å². The maximum Gasteiger partial charge on any atom is 0.310 e. The van der Waals surface area contributed by atoms with Crippen molar-refractivity contribution in [3.8, 4) is 5.75 Å². The Morgan fingerprint density at radius 1 is 1.47 bits per heavy atom. The molecule has 0 aliphatic rings. The molecule has 94 valence electrons. The summed E-state index contributed by atoms with van der Waals surface area (Å²) in [5, 5.41) is 0. The maximum absolute atomic E-state index is 12.6. The summed E-state index contributed by atoms with van der Waals surface area (Å²) in [4.78, 5) is 24.6. The highest BCUT2D eigenvalue weighted by molar-refractivity contribution is 5.73. The number of H-pyrrole nitrogens is 1. The van der Waals surface area contributed by atoms with Gasteiger partial charge in [-0.1, -0.05) is 0 Å². The summed E-state index contributed by atoms with van der Waals surface area (Å²) in [6.45, 7) is 0. The Morgan fingerprint density at radius 2 is 2.12 bits per heavy atom. The van der Waals surface area contributed by atoms with Crippen LogP contribution in [0.4, 0.5) is 8.78 Å². The van der Waals surface area contributed by atoms with Crippen molar-refractivity contribution in [1.82, 2.24) is 4.98 Å². The molecule has 7 heteroatoms. The molecule has 1 rings (SSSR count). The number of aromatic nitrogens is 1. The van der Waals surface area contributed by atoms with Gasteiger partial charge < -0.3 is 14.5 Å². The van der Waals surface area contributed by atoms with Crippen molar-refractivity contribution >= 4 is 5.97 Å². The molecule has 1 heterocycles. The lowest BCUT2D eigenvalue weighted by Gasteiger charge is -2.11. The van der Waals surface area contributed by atoms with Crippen LogP contribution in [-0.4, -0.2) is 25.2 Å². The van der Waals surface area contributed by atoms with Crippen LogP contribution in [0, 0.1) is 0 Å². The first kappa shape index (κ1) is 13.1. The number of hydrogen-bond acceptors (Lipinski definition) is 4. The fraction of sp³-hybridized carbons (Fsp3) is 0.400. The topological polar surface area (TPSA) is 68.4 Å². The minimum atomic E-state index is -2.81. The summed E-state index contributed by atoms with van der Waals surface area (Å²) >= 11 is 0. The minimum absolute atomic E-state index is 0.169. The summed E-state index contributed by atoms with van der Waals surface area (Å²) in [6.07, 6.45) is -2.36. The van der Waals surface area contributed by atoms with E-state index in [9.17, 15) is 18.4 Å². The van der Waals surface area contributed by atoms with Crippen molar-refractivity contribution < 1.29 is 23.0 Å². The van der Waals surface area contributed by atoms with Gasteiger partial charge in [-0.2, -0.15) is 0 Å². The van der Waals surface area contributed by atoms with E-state index in [1.165, 1.54) is 0 Å². The number of rotatable bonds is 4. The molecule has 0 atom stereocenters. The van der Waals surface area contributed by atoms with Crippen molar-refractivity contribution in [2.75, 3.05) is 14.2 Å². The molecule has 0 amide bonds.